The third-order valence-corrected chi connectivity index (χ3v) is 4.35. The molecule has 0 bridgehead atoms. The van der Waals surface area contributed by atoms with E-state index in [2.05, 4.69) is 16.3 Å². The summed E-state index contributed by atoms with van der Waals surface area (Å²) in [5.74, 6) is 1.000. The van der Waals surface area contributed by atoms with E-state index in [4.69, 9.17) is 0 Å². The van der Waals surface area contributed by atoms with E-state index in [9.17, 15) is 5.11 Å². The second kappa shape index (κ2) is 5.93. The normalized spacial score (nSPS) is 21.5. The third-order valence-electron chi connectivity index (χ3n) is 4.35. The first-order valence-corrected chi connectivity index (χ1v) is 7.53. The van der Waals surface area contributed by atoms with Gasteiger partial charge in [0.15, 0.2) is 0 Å². The van der Waals surface area contributed by atoms with Gasteiger partial charge in [0.25, 0.3) is 0 Å². The van der Waals surface area contributed by atoms with Crippen molar-refractivity contribution in [2.45, 2.75) is 38.3 Å². The summed E-state index contributed by atoms with van der Waals surface area (Å²) in [5.41, 5.74) is 2.11. The first-order valence-electron chi connectivity index (χ1n) is 7.53. The van der Waals surface area contributed by atoms with E-state index in [1.807, 2.05) is 18.2 Å². The molecule has 3 heteroatoms. The molecular formula is C16H24N2O. The van der Waals surface area contributed by atoms with Crippen molar-refractivity contribution in [3.05, 3.63) is 29.8 Å². The molecule has 1 aliphatic carbocycles. The average molecular weight is 260 g/mol. The molecule has 1 aromatic rings. The van der Waals surface area contributed by atoms with Crippen molar-refractivity contribution in [1.29, 1.82) is 0 Å². The Labute approximate surface area is 115 Å². The lowest BCUT2D eigenvalue weighted by molar-refractivity contribution is 0.211. The van der Waals surface area contributed by atoms with E-state index >= 15 is 0 Å². The van der Waals surface area contributed by atoms with Gasteiger partial charge in [-0.15, -0.1) is 0 Å². The van der Waals surface area contributed by atoms with Crippen molar-refractivity contribution in [3.8, 4) is 0 Å². The van der Waals surface area contributed by atoms with Gasteiger partial charge >= 0.3 is 0 Å². The van der Waals surface area contributed by atoms with Crippen molar-refractivity contribution < 1.29 is 5.11 Å². The van der Waals surface area contributed by atoms with Gasteiger partial charge in [-0.25, -0.2) is 0 Å². The second-order valence-corrected chi connectivity index (χ2v) is 5.98. The van der Waals surface area contributed by atoms with Gasteiger partial charge in [0.1, 0.15) is 0 Å². The Bertz CT molecular complexity index is 409. The Balaban J connectivity index is 1.50. The molecule has 1 heterocycles. The lowest BCUT2D eigenvalue weighted by Crippen LogP contribution is -2.40. The first-order chi connectivity index (χ1) is 9.35. The molecule has 0 aromatic heterocycles. The topological polar surface area (TPSA) is 35.5 Å². The van der Waals surface area contributed by atoms with E-state index in [1.165, 1.54) is 45.3 Å². The molecule has 0 radical (unpaired) electrons. The molecule has 1 aliphatic heterocycles. The van der Waals surface area contributed by atoms with Gasteiger partial charge in [0.2, 0.25) is 0 Å². The average Bonchev–Trinajstić information content (AvgIpc) is 3.26. The molecule has 1 saturated heterocycles. The monoisotopic (exact) mass is 260 g/mol. The molecule has 2 fully saturated rings. The fourth-order valence-corrected chi connectivity index (χ4v) is 2.94. The summed E-state index contributed by atoms with van der Waals surface area (Å²) in [6, 6.07) is 8.63. The molecule has 1 saturated carbocycles. The number of nitrogens with zero attached hydrogens (tertiary/aromatic N) is 1. The number of likely N-dealkylation sites (tertiary alicyclic amines) is 1. The van der Waals surface area contributed by atoms with Gasteiger partial charge in [-0.2, -0.15) is 0 Å². The van der Waals surface area contributed by atoms with Crippen molar-refractivity contribution in [2.75, 3.05) is 25.0 Å². The Morgan fingerprint density at radius 3 is 2.53 bits per heavy atom. The summed E-state index contributed by atoms with van der Waals surface area (Å²) in [4.78, 5) is 2.62. The quantitative estimate of drug-likeness (QED) is 0.853. The summed E-state index contributed by atoms with van der Waals surface area (Å²) in [6.07, 6.45) is 5.32. The molecule has 0 atom stereocenters. The van der Waals surface area contributed by atoms with Gasteiger partial charge in [0.05, 0.1) is 6.61 Å². The second-order valence-electron chi connectivity index (χ2n) is 5.98. The van der Waals surface area contributed by atoms with E-state index in [0.29, 0.717) is 6.04 Å². The Kier molecular flexibility index (Phi) is 4.04. The number of rotatable bonds is 5. The molecule has 2 N–H and O–H groups in total. The van der Waals surface area contributed by atoms with Crippen molar-refractivity contribution in [2.24, 2.45) is 5.92 Å². The largest absolute Gasteiger partial charge is 0.392 e. The molecule has 2 aliphatic rings. The number of hydrogen-bond acceptors (Lipinski definition) is 3. The lowest BCUT2D eigenvalue weighted by Gasteiger charge is -2.33. The van der Waals surface area contributed by atoms with Crippen LogP contribution >= 0.6 is 0 Å². The minimum absolute atomic E-state index is 0.115. The number of aliphatic hydroxyl groups excluding tert-OH is 1. The van der Waals surface area contributed by atoms with Crippen LogP contribution in [0.15, 0.2) is 24.3 Å². The predicted octanol–water partition coefficient (Wildman–Crippen LogP) is 2.47. The van der Waals surface area contributed by atoms with Gasteiger partial charge in [-0.05, 0) is 37.7 Å². The van der Waals surface area contributed by atoms with Gasteiger partial charge in [0, 0.05) is 36.9 Å². The number of benzene rings is 1. The maximum atomic E-state index is 9.35. The maximum absolute atomic E-state index is 9.35. The van der Waals surface area contributed by atoms with Crippen LogP contribution in [0.25, 0.3) is 0 Å². The Morgan fingerprint density at radius 1 is 1.11 bits per heavy atom. The lowest BCUT2D eigenvalue weighted by atomic mass is 10.0. The zero-order valence-corrected chi connectivity index (χ0v) is 11.5. The molecule has 0 amide bonds. The number of para-hydroxylation sites is 1. The number of hydrogen-bond donors (Lipinski definition) is 2. The van der Waals surface area contributed by atoms with Gasteiger partial charge < -0.3 is 15.3 Å². The number of nitrogens with one attached hydrogen (secondary N) is 1. The van der Waals surface area contributed by atoms with Crippen LogP contribution in [0.5, 0.6) is 0 Å². The van der Waals surface area contributed by atoms with Crippen LogP contribution in [0.4, 0.5) is 5.69 Å². The van der Waals surface area contributed by atoms with Crippen LogP contribution in [0.3, 0.4) is 0 Å². The molecule has 104 valence electrons. The number of anilines is 1. The first kappa shape index (κ1) is 12.9. The van der Waals surface area contributed by atoms with E-state index < -0.39 is 0 Å². The van der Waals surface area contributed by atoms with Crippen LogP contribution in [0.1, 0.15) is 31.2 Å². The van der Waals surface area contributed by atoms with Gasteiger partial charge in [-0.1, -0.05) is 18.2 Å². The molecule has 1 aromatic carbocycles. The SMILES string of the molecule is OCc1ccccc1NC1CCN(CC2CC2)CC1. The van der Waals surface area contributed by atoms with Crippen molar-refractivity contribution >= 4 is 5.69 Å². The number of piperidine rings is 1. The summed E-state index contributed by atoms with van der Waals surface area (Å²) >= 11 is 0. The standard InChI is InChI=1S/C16H24N2O/c19-12-14-3-1-2-4-16(14)17-15-7-9-18(10-8-15)11-13-5-6-13/h1-4,13,15,17,19H,5-12H2. The summed E-state index contributed by atoms with van der Waals surface area (Å²) in [6.45, 7) is 3.87. The van der Waals surface area contributed by atoms with Crippen molar-refractivity contribution in [1.82, 2.24) is 4.90 Å². The van der Waals surface area contributed by atoms with Gasteiger partial charge in [-0.3, -0.25) is 0 Å². The van der Waals surface area contributed by atoms with Crippen LogP contribution < -0.4 is 5.32 Å². The highest BCUT2D eigenvalue weighted by atomic mass is 16.3. The highest BCUT2D eigenvalue weighted by Crippen LogP contribution is 2.30. The molecule has 0 unspecified atom stereocenters. The van der Waals surface area contributed by atoms with Crippen LogP contribution in [-0.4, -0.2) is 35.7 Å². The molecule has 19 heavy (non-hydrogen) atoms. The van der Waals surface area contributed by atoms with Crippen LogP contribution in [-0.2, 0) is 6.61 Å². The molecule has 0 spiro atoms. The highest BCUT2D eigenvalue weighted by molar-refractivity contribution is 5.51. The van der Waals surface area contributed by atoms with Crippen LogP contribution in [0.2, 0.25) is 0 Å². The summed E-state index contributed by atoms with van der Waals surface area (Å²) in [7, 11) is 0. The summed E-state index contributed by atoms with van der Waals surface area (Å²) in [5, 5.41) is 13.0. The summed E-state index contributed by atoms with van der Waals surface area (Å²) < 4.78 is 0. The minimum atomic E-state index is 0.115. The minimum Gasteiger partial charge on any atom is -0.392 e. The fraction of sp³-hybridized carbons (Fsp3) is 0.625. The predicted molar refractivity (Wildman–Crippen MR) is 78.2 cm³/mol. The number of aliphatic hydroxyl groups is 1. The van der Waals surface area contributed by atoms with E-state index in [0.717, 1.165) is 17.2 Å². The Hall–Kier alpha value is -1.06. The highest BCUT2D eigenvalue weighted by Gasteiger charge is 2.27. The van der Waals surface area contributed by atoms with E-state index in [-0.39, 0.29) is 6.61 Å². The molecule has 3 rings (SSSR count). The zero-order chi connectivity index (χ0) is 13.1. The zero-order valence-electron chi connectivity index (χ0n) is 11.5. The van der Waals surface area contributed by atoms with E-state index in [1.54, 1.807) is 0 Å². The third kappa shape index (κ3) is 3.48. The van der Waals surface area contributed by atoms with Crippen LogP contribution in [0, 0.1) is 5.92 Å². The Morgan fingerprint density at radius 2 is 1.84 bits per heavy atom. The maximum Gasteiger partial charge on any atom is 0.0701 e. The molecular weight excluding hydrogens is 236 g/mol. The van der Waals surface area contributed by atoms with Crippen molar-refractivity contribution in [3.63, 3.8) is 0 Å². The smallest absolute Gasteiger partial charge is 0.0701 e. The fourth-order valence-electron chi connectivity index (χ4n) is 2.94. The molecule has 3 nitrogen and oxygen atoms in total.